The third-order valence-electron chi connectivity index (χ3n) is 2.61. The van der Waals surface area contributed by atoms with Gasteiger partial charge < -0.3 is 4.74 Å². The first-order valence-corrected chi connectivity index (χ1v) is 7.58. The Morgan fingerprint density at radius 3 is 2.21 bits per heavy atom. The van der Waals surface area contributed by atoms with Crippen LogP contribution in [-0.2, 0) is 4.74 Å². The highest BCUT2D eigenvalue weighted by Gasteiger charge is 2.00. The van der Waals surface area contributed by atoms with E-state index in [-0.39, 0.29) is 0 Å². The summed E-state index contributed by atoms with van der Waals surface area (Å²) in [6, 6.07) is 0. The molecule has 1 nitrogen and oxygen atoms in total. The lowest BCUT2D eigenvalue weighted by Gasteiger charge is -2.12. The third kappa shape index (κ3) is 10.6. The van der Waals surface area contributed by atoms with Gasteiger partial charge >= 0.3 is 0 Å². The summed E-state index contributed by atoms with van der Waals surface area (Å²) in [4.78, 5) is 0.614. The highest BCUT2D eigenvalue weighted by atomic mass is 27.0. The maximum Gasteiger partial charge on any atom is 0.258 e. The van der Waals surface area contributed by atoms with Gasteiger partial charge in [0.1, 0.15) is 0 Å². The zero-order valence-electron chi connectivity index (χ0n) is 10.3. The van der Waals surface area contributed by atoms with Gasteiger partial charge in [0.25, 0.3) is 16.3 Å². The summed E-state index contributed by atoms with van der Waals surface area (Å²) in [6.07, 6.45) is 10.7. The Morgan fingerprint density at radius 1 is 0.929 bits per heavy atom. The molecule has 0 saturated carbocycles. The van der Waals surface area contributed by atoms with Gasteiger partial charge in [-0.3, -0.25) is 0 Å². The molecule has 1 unspecified atom stereocenters. The van der Waals surface area contributed by atoms with Gasteiger partial charge in [0, 0.05) is 6.61 Å². The van der Waals surface area contributed by atoms with E-state index in [0.717, 1.165) is 6.61 Å². The number of hydrogen-bond acceptors (Lipinski definition) is 1. The minimum atomic E-state index is 0.614. The van der Waals surface area contributed by atoms with Crippen molar-refractivity contribution in [3.05, 3.63) is 0 Å². The predicted octanol–water partition coefficient (Wildman–Crippen LogP) is 3.12. The average Bonchev–Trinajstić information content (AvgIpc) is 2.18. The number of hydrogen-bond donors (Lipinski definition) is 0. The van der Waals surface area contributed by atoms with Crippen LogP contribution in [0.25, 0.3) is 0 Å². The van der Waals surface area contributed by atoms with Gasteiger partial charge in [0.15, 0.2) is 0 Å². The second-order valence-electron chi connectivity index (χ2n) is 4.24. The van der Waals surface area contributed by atoms with E-state index in [0.29, 0.717) is 4.97 Å². The van der Waals surface area contributed by atoms with Gasteiger partial charge in [-0.1, -0.05) is 52.4 Å². The molecule has 0 fully saturated rings. The summed E-state index contributed by atoms with van der Waals surface area (Å²) in [5.41, 5.74) is 0. The maximum absolute atomic E-state index is 5.80. The summed E-state index contributed by atoms with van der Waals surface area (Å²) < 4.78 is 5.80. The van der Waals surface area contributed by atoms with Crippen molar-refractivity contribution < 1.29 is 4.74 Å². The summed E-state index contributed by atoms with van der Waals surface area (Å²) in [6.45, 7) is 5.51. The first-order valence-electron chi connectivity index (χ1n) is 6.42. The Kier molecular flexibility index (Phi) is 12.0. The van der Waals surface area contributed by atoms with Crippen LogP contribution in [-0.4, -0.2) is 27.9 Å². The van der Waals surface area contributed by atoms with Crippen LogP contribution in [0, 0.1) is 0 Å². The van der Waals surface area contributed by atoms with E-state index in [4.69, 9.17) is 4.74 Å². The topological polar surface area (TPSA) is 9.23 Å². The van der Waals surface area contributed by atoms with E-state index in [1.54, 1.807) is 0 Å². The molecule has 0 radical (unpaired) electrons. The Hall–Kier alpha value is 0.492. The molecule has 0 aromatic rings. The minimum Gasteiger partial charge on any atom is -0.394 e. The summed E-state index contributed by atoms with van der Waals surface area (Å²) >= 11 is 1.20. The fraction of sp³-hybridized carbons (Fsp3) is 1.00. The zero-order valence-corrected chi connectivity index (χ0v) is 12.3. The van der Waals surface area contributed by atoms with Crippen LogP contribution >= 0.6 is 0 Å². The Morgan fingerprint density at radius 2 is 1.57 bits per heavy atom. The van der Waals surface area contributed by atoms with Crippen LogP contribution in [0.5, 0.6) is 0 Å². The van der Waals surface area contributed by atoms with Gasteiger partial charge in [0.05, 0.1) is 0 Å². The van der Waals surface area contributed by atoms with Crippen molar-refractivity contribution in [3.8, 4) is 0 Å². The molecule has 0 amide bonds. The maximum atomic E-state index is 5.80. The zero-order chi connectivity index (χ0) is 10.6. The summed E-state index contributed by atoms with van der Waals surface area (Å²) in [5, 5.41) is 0. The van der Waals surface area contributed by atoms with E-state index >= 15 is 0 Å². The lowest BCUT2D eigenvalue weighted by atomic mass is 10.2. The van der Waals surface area contributed by atoms with Crippen molar-refractivity contribution in [2.24, 2.45) is 0 Å². The second kappa shape index (κ2) is 11.6. The van der Waals surface area contributed by atoms with Crippen LogP contribution in [0.1, 0.15) is 65.2 Å². The molecule has 0 aliphatic heterocycles. The van der Waals surface area contributed by atoms with Crippen molar-refractivity contribution in [3.63, 3.8) is 0 Å². The monoisotopic (exact) mass is 214 g/mol. The molecule has 0 N–H and O–H groups in total. The van der Waals surface area contributed by atoms with Gasteiger partial charge in [-0.2, -0.15) is 0 Å². The lowest BCUT2D eigenvalue weighted by Crippen LogP contribution is -2.13. The highest BCUT2D eigenvalue weighted by Crippen LogP contribution is 2.05. The molecule has 2 heteroatoms. The summed E-state index contributed by atoms with van der Waals surface area (Å²) in [5.74, 6) is 0. The number of unbranched alkanes of at least 4 members (excludes halogenated alkanes) is 5. The molecular weight excluding hydrogens is 187 g/mol. The molecule has 0 aliphatic carbocycles. The number of ether oxygens (including phenoxy) is 1. The van der Waals surface area contributed by atoms with Gasteiger partial charge in [-0.05, 0) is 17.8 Å². The molecule has 0 aliphatic rings. The van der Waals surface area contributed by atoms with Crippen LogP contribution in [0.4, 0.5) is 0 Å². The largest absolute Gasteiger partial charge is 0.394 e. The first kappa shape index (κ1) is 14.5. The van der Waals surface area contributed by atoms with E-state index in [9.17, 15) is 0 Å². The third-order valence-corrected chi connectivity index (χ3v) is 3.53. The summed E-state index contributed by atoms with van der Waals surface area (Å²) in [7, 11) is 0. The van der Waals surface area contributed by atoms with Gasteiger partial charge in [-0.15, -0.1) is 0 Å². The molecule has 84 valence electrons. The molecule has 0 bridgehead atoms. The van der Waals surface area contributed by atoms with Crippen molar-refractivity contribution >= 4 is 16.3 Å². The SMILES string of the molecule is CCCCCCO[CH]([AlH2])CCCCC. The van der Waals surface area contributed by atoms with E-state index in [1.165, 1.54) is 67.7 Å². The van der Waals surface area contributed by atoms with Crippen LogP contribution in [0.3, 0.4) is 0 Å². The van der Waals surface area contributed by atoms with Crippen LogP contribution in [0.15, 0.2) is 0 Å². The lowest BCUT2D eigenvalue weighted by molar-refractivity contribution is 0.0960. The van der Waals surface area contributed by atoms with Gasteiger partial charge in [0.2, 0.25) is 0 Å². The molecule has 0 spiro atoms. The number of rotatable bonds is 10. The molecular formula is C12H27AlO. The van der Waals surface area contributed by atoms with E-state index < -0.39 is 0 Å². The molecule has 14 heavy (non-hydrogen) atoms. The van der Waals surface area contributed by atoms with Crippen molar-refractivity contribution in [1.29, 1.82) is 0 Å². The second-order valence-corrected chi connectivity index (χ2v) is 5.53. The van der Waals surface area contributed by atoms with Gasteiger partial charge in [-0.25, -0.2) is 0 Å². The molecule has 0 rings (SSSR count). The Balaban J connectivity index is 3.06. The van der Waals surface area contributed by atoms with Crippen molar-refractivity contribution in [2.75, 3.05) is 6.61 Å². The quantitative estimate of drug-likeness (QED) is 0.401. The molecule has 0 saturated heterocycles. The molecule has 0 aromatic heterocycles. The predicted molar refractivity (Wildman–Crippen MR) is 66.6 cm³/mol. The van der Waals surface area contributed by atoms with Crippen LogP contribution < -0.4 is 0 Å². The highest BCUT2D eigenvalue weighted by molar-refractivity contribution is 6.10. The normalized spacial score (nSPS) is 13.0. The first-order chi connectivity index (χ1) is 6.81. The minimum absolute atomic E-state index is 0.614. The van der Waals surface area contributed by atoms with Crippen molar-refractivity contribution in [2.45, 2.75) is 70.2 Å². The van der Waals surface area contributed by atoms with Crippen molar-refractivity contribution in [1.82, 2.24) is 0 Å². The molecule has 1 atom stereocenters. The van der Waals surface area contributed by atoms with E-state index in [2.05, 4.69) is 13.8 Å². The fourth-order valence-corrected chi connectivity index (χ4v) is 2.22. The molecule has 0 aromatic carbocycles. The molecule has 0 heterocycles. The standard InChI is InChI=1S/C12H25O.Al.2H/c1-3-5-7-9-11-13-12-10-8-6-4-2;;;/h11H,3-10,12H2,1-2H3;;;. The van der Waals surface area contributed by atoms with Crippen LogP contribution in [0.2, 0.25) is 0 Å². The Labute approximate surface area is 98.0 Å². The Bertz CT molecular complexity index is 106. The smallest absolute Gasteiger partial charge is 0.258 e. The fourth-order valence-electron chi connectivity index (χ4n) is 1.58. The average molecular weight is 214 g/mol. The van der Waals surface area contributed by atoms with E-state index in [1.807, 2.05) is 0 Å².